The van der Waals surface area contributed by atoms with E-state index in [4.69, 9.17) is 4.42 Å². The van der Waals surface area contributed by atoms with Crippen LogP contribution in [-0.4, -0.2) is 22.8 Å². The first kappa shape index (κ1) is 19.8. The predicted octanol–water partition coefficient (Wildman–Crippen LogP) is 3.83. The van der Waals surface area contributed by atoms with Crippen molar-refractivity contribution in [3.05, 3.63) is 87.7 Å². The zero-order valence-electron chi connectivity index (χ0n) is 16.2. The first-order chi connectivity index (χ1) is 14.8. The summed E-state index contributed by atoms with van der Waals surface area (Å²) in [6.45, 7) is 1.78. The van der Waals surface area contributed by atoms with Gasteiger partial charge in [0, 0.05) is 17.7 Å². The molecule has 0 radical (unpaired) electrons. The van der Waals surface area contributed by atoms with Crippen molar-refractivity contribution in [3.63, 3.8) is 0 Å². The van der Waals surface area contributed by atoms with Crippen molar-refractivity contribution in [3.8, 4) is 11.3 Å². The number of non-ortho nitro benzene ring substituents is 1. The number of furan rings is 1. The number of carbonyl (C=O) groups is 3. The van der Waals surface area contributed by atoms with Crippen LogP contribution in [0, 0.1) is 17.0 Å². The lowest BCUT2D eigenvalue weighted by atomic mass is 10.1. The number of nitro benzene ring substituents is 1. The Labute approximate surface area is 175 Å². The molecule has 0 unspecified atom stereocenters. The Balaban J connectivity index is 1.69. The van der Waals surface area contributed by atoms with E-state index in [1.54, 1.807) is 49.4 Å². The lowest BCUT2D eigenvalue weighted by molar-refractivity contribution is -0.384. The zero-order valence-corrected chi connectivity index (χ0v) is 16.2. The summed E-state index contributed by atoms with van der Waals surface area (Å²) in [5.74, 6) is -1.11. The monoisotopic (exact) mass is 417 g/mol. The highest BCUT2D eigenvalue weighted by Gasteiger charge is 2.37. The third-order valence-electron chi connectivity index (χ3n) is 4.73. The zero-order chi connectivity index (χ0) is 22.1. The number of aryl methyl sites for hydroxylation is 1. The first-order valence-corrected chi connectivity index (χ1v) is 9.17. The van der Waals surface area contributed by atoms with Gasteiger partial charge in [0.15, 0.2) is 0 Å². The minimum atomic E-state index is -0.842. The van der Waals surface area contributed by atoms with E-state index in [0.717, 1.165) is 10.5 Å². The molecule has 9 nitrogen and oxygen atoms in total. The molecular weight excluding hydrogens is 402 g/mol. The Bertz CT molecular complexity index is 1260. The van der Waals surface area contributed by atoms with Gasteiger partial charge in [-0.1, -0.05) is 24.3 Å². The molecule has 4 rings (SSSR count). The van der Waals surface area contributed by atoms with E-state index in [9.17, 15) is 24.5 Å². The molecular formula is C22H15N3O6. The highest BCUT2D eigenvalue weighted by molar-refractivity contribution is 6.39. The minimum Gasteiger partial charge on any atom is -0.457 e. The van der Waals surface area contributed by atoms with E-state index in [0.29, 0.717) is 17.0 Å². The second-order valence-corrected chi connectivity index (χ2v) is 6.75. The number of amides is 4. The lowest BCUT2D eigenvalue weighted by Crippen LogP contribution is -2.54. The van der Waals surface area contributed by atoms with Gasteiger partial charge in [0.1, 0.15) is 17.1 Å². The number of nitrogens with one attached hydrogen (secondary N) is 1. The largest absolute Gasteiger partial charge is 0.457 e. The molecule has 154 valence electrons. The Kier molecular flexibility index (Phi) is 4.92. The first-order valence-electron chi connectivity index (χ1n) is 9.17. The number of benzene rings is 2. The summed E-state index contributed by atoms with van der Waals surface area (Å²) in [4.78, 5) is 48.8. The van der Waals surface area contributed by atoms with Crippen molar-refractivity contribution in [2.75, 3.05) is 4.90 Å². The standard InChI is InChI=1S/C22H15N3O6/c1-13-7-8-15(25(29)30)11-17(13)19-10-9-16(31-19)12-18-20(26)23-22(28)24(21(18)27)14-5-3-2-4-6-14/h2-12H,1H3,(H,23,26,28). The molecule has 0 bridgehead atoms. The van der Waals surface area contributed by atoms with Crippen molar-refractivity contribution < 1.29 is 23.7 Å². The summed E-state index contributed by atoms with van der Waals surface area (Å²) in [7, 11) is 0. The molecule has 2 heterocycles. The average Bonchev–Trinajstić information content (AvgIpc) is 3.20. The third kappa shape index (κ3) is 3.71. The average molecular weight is 417 g/mol. The summed E-state index contributed by atoms with van der Waals surface area (Å²) in [6, 6.07) is 14.9. The fraction of sp³-hybridized carbons (Fsp3) is 0.0455. The molecule has 1 aliphatic heterocycles. The quantitative estimate of drug-likeness (QED) is 0.298. The number of imide groups is 2. The van der Waals surface area contributed by atoms with Crippen LogP contribution in [0.25, 0.3) is 17.4 Å². The van der Waals surface area contributed by atoms with Gasteiger partial charge in [0.25, 0.3) is 17.5 Å². The van der Waals surface area contributed by atoms with Gasteiger partial charge in [0.2, 0.25) is 0 Å². The van der Waals surface area contributed by atoms with E-state index in [1.807, 2.05) is 0 Å². The van der Waals surface area contributed by atoms with E-state index < -0.39 is 22.8 Å². The van der Waals surface area contributed by atoms with Crippen LogP contribution in [0.1, 0.15) is 11.3 Å². The Morgan fingerprint density at radius 3 is 2.48 bits per heavy atom. The maximum Gasteiger partial charge on any atom is 0.335 e. The van der Waals surface area contributed by atoms with Crippen LogP contribution in [0.2, 0.25) is 0 Å². The van der Waals surface area contributed by atoms with Crippen molar-refractivity contribution in [2.45, 2.75) is 6.92 Å². The maximum atomic E-state index is 12.9. The van der Waals surface area contributed by atoms with Crippen LogP contribution in [0.5, 0.6) is 0 Å². The predicted molar refractivity (Wildman–Crippen MR) is 111 cm³/mol. The Hall–Kier alpha value is -4.53. The Morgan fingerprint density at radius 1 is 1.03 bits per heavy atom. The number of para-hydroxylation sites is 1. The SMILES string of the molecule is Cc1ccc([N+](=O)[O-])cc1-c1ccc(C=C2C(=O)NC(=O)N(c3ccccc3)C2=O)o1. The summed E-state index contributed by atoms with van der Waals surface area (Å²) >= 11 is 0. The topological polar surface area (TPSA) is 123 Å². The molecule has 4 amide bonds. The van der Waals surface area contributed by atoms with Crippen LogP contribution in [0.3, 0.4) is 0 Å². The van der Waals surface area contributed by atoms with Gasteiger partial charge in [-0.25, -0.2) is 9.69 Å². The second kappa shape index (κ2) is 7.71. The summed E-state index contributed by atoms with van der Waals surface area (Å²) in [5, 5.41) is 13.2. The number of urea groups is 1. The van der Waals surface area contributed by atoms with E-state index >= 15 is 0 Å². The number of nitrogens with zero attached hydrogens (tertiary/aromatic N) is 2. The van der Waals surface area contributed by atoms with Gasteiger partial charge < -0.3 is 4.42 Å². The van der Waals surface area contributed by atoms with Crippen LogP contribution >= 0.6 is 0 Å². The molecule has 1 N–H and O–H groups in total. The highest BCUT2D eigenvalue weighted by atomic mass is 16.6. The highest BCUT2D eigenvalue weighted by Crippen LogP contribution is 2.30. The molecule has 0 spiro atoms. The van der Waals surface area contributed by atoms with Gasteiger partial charge >= 0.3 is 6.03 Å². The minimum absolute atomic E-state index is 0.0873. The summed E-state index contributed by atoms with van der Waals surface area (Å²) < 4.78 is 5.72. The van der Waals surface area contributed by atoms with Gasteiger partial charge in [0.05, 0.1) is 10.6 Å². The van der Waals surface area contributed by atoms with Crippen molar-refractivity contribution >= 4 is 35.3 Å². The van der Waals surface area contributed by atoms with Crippen LogP contribution in [0.4, 0.5) is 16.2 Å². The molecule has 0 saturated carbocycles. The molecule has 9 heteroatoms. The maximum absolute atomic E-state index is 12.9. The van der Waals surface area contributed by atoms with Crippen LogP contribution in [0.15, 0.2) is 70.7 Å². The van der Waals surface area contributed by atoms with Crippen LogP contribution in [-0.2, 0) is 9.59 Å². The molecule has 0 aliphatic carbocycles. The molecule has 2 aromatic carbocycles. The molecule has 0 atom stereocenters. The van der Waals surface area contributed by atoms with E-state index in [-0.39, 0.29) is 17.0 Å². The number of anilines is 1. The van der Waals surface area contributed by atoms with Crippen LogP contribution < -0.4 is 10.2 Å². The van der Waals surface area contributed by atoms with E-state index in [1.165, 1.54) is 24.3 Å². The fourth-order valence-corrected chi connectivity index (χ4v) is 3.18. The van der Waals surface area contributed by atoms with Crippen molar-refractivity contribution in [2.24, 2.45) is 0 Å². The fourth-order valence-electron chi connectivity index (χ4n) is 3.18. The normalized spacial score (nSPS) is 15.3. The number of hydrogen-bond acceptors (Lipinski definition) is 6. The van der Waals surface area contributed by atoms with Gasteiger partial charge in [-0.15, -0.1) is 0 Å². The molecule has 1 aliphatic rings. The van der Waals surface area contributed by atoms with E-state index in [2.05, 4.69) is 5.32 Å². The number of hydrogen-bond donors (Lipinski definition) is 1. The Morgan fingerprint density at radius 2 is 1.77 bits per heavy atom. The summed E-state index contributed by atoms with van der Waals surface area (Å²) in [6.07, 6.45) is 1.23. The summed E-state index contributed by atoms with van der Waals surface area (Å²) in [5.41, 5.74) is 1.22. The molecule has 1 aromatic heterocycles. The van der Waals surface area contributed by atoms with Gasteiger partial charge in [-0.3, -0.25) is 25.0 Å². The number of carbonyl (C=O) groups excluding carboxylic acids is 3. The van der Waals surface area contributed by atoms with Crippen molar-refractivity contribution in [1.29, 1.82) is 0 Å². The number of nitro groups is 1. The number of rotatable bonds is 4. The third-order valence-corrected chi connectivity index (χ3v) is 4.73. The molecule has 3 aromatic rings. The van der Waals surface area contributed by atoms with Gasteiger partial charge in [-0.2, -0.15) is 0 Å². The number of barbiturate groups is 1. The molecule has 31 heavy (non-hydrogen) atoms. The van der Waals surface area contributed by atoms with Gasteiger partial charge in [-0.05, 0) is 42.8 Å². The molecule has 1 fully saturated rings. The molecule has 1 saturated heterocycles. The van der Waals surface area contributed by atoms with Crippen molar-refractivity contribution in [1.82, 2.24) is 5.32 Å². The second-order valence-electron chi connectivity index (χ2n) is 6.75. The lowest BCUT2D eigenvalue weighted by Gasteiger charge is -2.26. The smallest absolute Gasteiger partial charge is 0.335 e.